The Bertz CT molecular complexity index is 500. The van der Waals surface area contributed by atoms with Gasteiger partial charge in [0.25, 0.3) is 0 Å². The number of halogens is 1. The second kappa shape index (κ2) is 21.7. The van der Waals surface area contributed by atoms with E-state index >= 15 is 0 Å². The van der Waals surface area contributed by atoms with Gasteiger partial charge in [-0.1, -0.05) is 21.3 Å². The summed E-state index contributed by atoms with van der Waals surface area (Å²) in [6.45, 7) is 11.9. The molecule has 0 N–H and O–H groups in total. The van der Waals surface area contributed by atoms with Crippen molar-refractivity contribution >= 4 is 40.5 Å². The molecule has 0 bridgehead atoms. The number of hydrogen-bond acceptors (Lipinski definition) is 9. The van der Waals surface area contributed by atoms with Gasteiger partial charge in [-0.3, -0.25) is 14.4 Å². The van der Waals surface area contributed by atoms with E-state index in [0.29, 0.717) is 12.8 Å². The molecule has 0 spiro atoms. The molecule has 0 aliphatic carbocycles. The third kappa shape index (κ3) is 19.3. The lowest BCUT2D eigenvalue weighted by atomic mass is 10.2. The van der Waals surface area contributed by atoms with E-state index in [0.717, 1.165) is 0 Å². The normalized spacial score (nSPS) is 10.9. The highest BCUT2D eigenvalue weighted by atomic mass is 35.5. The summed E-state index contributed by atoms with van der Waals surface area (Å²) in [5.74, 6) is -3.95. The van der Waals surface area contributed by atoms with Crippen LogP contribution in [0.25, 0.3) is 0 Å². The molecule has 9 nitrogen and oxygen atoms in total. The Kier molecular flexibility index (Phi) is 25.6. The van der Waals surface area contributed by atoms with Gasteiger partial charge >= 0.3 is 23.7 Å². The summed E-state index contributed by atoms with van der Waals surface area (Å²) in [7, 11) is 0. The van der Waals surface area contributed by atoms with Crippen LogP contribution in [0.4, 0.5) is 0 Å². The first-order valence-electron chi connectivity index (χ1n) is 9.34. The monoisotopic (exact) mass is 456 g/mol. The van der Waals surface area contributed by atoms with Crippen molar-refractivity contribution in [3.8, 4) is 0 Å². The van der Waals surface area contributed by atoms with Crippen LogP contribution in [-0.4, -0.2) is 54.5 Å². The number of ketones is 1. The van der Waals surface area contributed by atoms with E-state index in [4.69, 9.17) is 14.2 Å². The molecule has 0 aromatic carbocycles. The Balaban J connectivity index is -0.000000195. The first-order chi connectivity index (χ1) is 13.5. The number of rotatable bonds is 10. The van der Waals surface area contributed by atoms with E-state index in [9.17, 15) is 24.0 Å². The van der Waals surface area contributed by atoms with Crippen molar-refractivity contribution in [2.45, 2.75) is 80.9 Å². The molecule has 1 unspecified atom stereocenters. The van der Waals surface area contributed by atoms with Crippen LogP contribution in [-0.2, 0) is 42.9 Å². The highest BCUT2D eigenvalue weighted by Gasteiger charge is 2.43. The van der Waals surface area contributed by atoms with E-state index in [2.05, 4.69) is 16.3 Å². The number of hydrogen-bond donors (Lipinski definition) is 0. The molecule has 0 aromatic heterocycles. The van der Waals surface area contributed by atoms with Gasteiger partial charge in [-0.25, -0.2) is 9.59 Å². The molecule has 1 atom stereocenters. The molecule has 0 rings (SSSR count). The maximum atomic E-state index is 11.6. The van der Waals surface area contributed by atoms with E-state index < -0.39 is 29.5 Å². The molecule has 0 saturated heterocycles. The lowest BCUT2D eigenvalue weighted by molar-refractivity contribution is -0.242. The highest BCUT2D eigenvalue weighted by molar-refractivity contribution is 6.62. The van der Waals surface area contributed by atoms with Crippen molar-refractivity contribution in [1.29, 1.82) is 0 Å². The van der Waals surface area contributed by atoms with Crippen LogP contribution >= 0.6 is 11.6 Å². The number of carbonyl (C=O) groups excluding carboxylic acids is 5. The van der Waals surface area contributed by atoms with Crippen molar-refractivity contribution in [2.24, 2.45) is 0 Å². The smallest absolute Gasteiger partial charge is 0.379 e. The molecule has 30 heavy (non-hydrogen) atoms. The third-order valence-electron chi connectivity index (χ3n) is 2.72. The second-order valence-electron chi connectivity index (χ2n) is 5.22. The fourth-order valence-corrected chi connectivity index (χ4v) is 1.70. The standard InChI is InChI=1S/C10H18O5.C7H12O3.C2H3ClO.CH4/c1-5-10(14-7-3,15-8(4)11)9(12)13-6-2;1-3-5-6(8)7(9)10-4-2;1-2(3)4;/h5-7H2,1-4H3;3-5H2,1-2H3;1H3;1H4. The summed E-state index contributed by atoms with van der Waals surface area (Å²) in [5.41, 5.74) is 0. The molecular formula is C20H37ClO9. The molecule has 0 heterocycles. The van der Waals surface area contributed by atoms with Crippen LogP contribution in [0.15, 0.2) is 0 Å². The fourth-order valence-electron chi connectivity index (χ4n) is 1.70. The van der Waals surface area contributed by atoms with Gasteiger partial charge in [0.1, 0.15) is 0 Å². The van der Waals surface area contributed by atoms with Gasteiger partial charge in [-0.2, -0.15) is 0 Å². The number of esters is 3. The molecule has 0 amide bonds. The lowest BCUT2D eigenvalue weighted by Crippen LogP contribution is -2.46. The minimum atomic E-state index is -1.59. The largest absolute Gasteiger partial charge is 0.461 e. The zero-order valence-electron chi connectivity index (χ0n) is 18.3. The molecule has 0 aromatic rings. The minimum absolute atomic E-state index is 0. The first kappa shape index (κ1) is 35.4. The van der Waals surface area contributed by atoms with Gasteiger partial charge in [0.05, 0.1) is 13.2 Å². The minimum Gasteiger partial charge on any atom is -0.461 e. The van der Waals surface area contributed by atoms with E-state index in [-0.39, 0.29) is 38.9 Å². The van der Waals surface area contributed by atoms with Crippen molar-refractivity contribution in [3.63, 3.8) is 0 Å². The van der Waals surface area contributed by atoms with Gasteiger partial charge in [0, 0.05) is 33.3 Å². The summed E-state index contributed by atoms with van der Waals surface area (Å²) in [6, 6.07) is 0. The van der Waals surface area contributed by atoms with Crippen molar-refractivity contribution < 1.29 is 42.9 Å². The molecule has 0 aliphatic rings. The van der Waals surface area contributed by atoms with Crippen molar-refractivity contribution in [2.75, 3.05) is 19.8 Å². The van der Waals surface area contributed by atoms with Crippen LogP contribution in [0, 0.1) is 0 Å². The Morgan fingerprint density at radius 3 is 1.60 bits per heavy atom. The topological polar surface area (TPSA) is 122 Å². The lowest BCUT2D eigenvalue weighted by Gasteiger charge is -2.28. The van der Waals surface area contributed by atoms with E-state index in [1.807, 2.05) is 6.92 Å². The fraction of sp³-hybridized carbons (Fsp3) is 0.750. The van der Waals surface area contributed by atoms with Gasteiger partial charge in [0.15, 0.2) is 0 Å². The maximum Gasteiger partial charge on any atom is 0.379 e. The predicted molar refractivity (Wildman–Crippen MR) is 113 cm³/mol. The van der Waals surface area contributed by atoms with Crippen LogP contribution in [0.5, 0.6) is 0 Å². The molecule has 0 aliphatic heterocycles. The average Bonchev–Trinajstić information content (AvgIpc) is 2.61. The molecular weight excluding hydrogens is 420 g/mol. The van der Waals surface area contributed by atoms with Crippen molar-refractivity contribution in [3.05, 3.63) is 0 Å². The number of carbonyl (C=O) groups is 5. The second-order valence-corrected chi connectivity index (χ2v) is 5.75. The summed E-state index contributed by atoms with van der Waals surface area (Å²) in [4.78, 5) is 52.9. The zero-order valence-corrected chi connectivity index (χ0v) is 19.1. The maximum absolute atomic E-state index is 11.6. The number of ether oxygens (including phenoxy) is 4. The van der Waals surface area contributed by atoms with Crippen LogP contribution in [0.3, 0.4) is 0 Å². The highest BCUT2D eigenvalue weighted by Crippen LogP contribution is 2.20. The molecule has 0 saturated carbocycles. The van der Waals surface area contributed by atoms with E-state index in [1.165, 1.54) is 13.8 Å². The third-order valence-corrected chi connectivity index (χ3v) is 2.72. The Labute approximate surface area is 184 Å². The average molecular weight is 457 g/mol. The Hall–Kier alpha value is -2.00. The SMILES string of the molecule is C.CC(=O)Cl.CCCC(=O)C(=O)OCC.CCOC(=O)C(CC)(OCC)OC(C)=O. The summed E-state index contributed by atoms with van der Waals surface area (Å²) < 4.78 is 19.4. The van der Waals surface area contributed by atoms with Gasteiger partial charge < -0.3 is 18.9 Å². The quantitative estimate of drug-likeness (QED) is 0.159. The van der Waals surface area contributed by atoms with Gasteiger partial charge in [-0.05, 0) is 38.8 Å². The molecule has 0 fully saturated rings. The zero-order chi connectivity index (χ0) is 23.5. The summed E-state index contributed by atoms with van der Waals surface area (Å²) in [6.07, 6.45) is 1.20. The van der Waals surface area contributed by atoms with E-state index in [1.54, 1.807) is 27.7 Å². The summed E-state index contributed by atoms with van der Waals surface area (Å²) >= 11 is 4.64. The molecule has 10 heteroatoms. The molecule has 0 radical (unpaired) electrons. The van der Waals surface area contributed by atoms with Gasteiger partial charge in [0.2, 0.25) is 11.0 Å². The van der Waals surface area contributed by atoms with Gasteiger partial charge in [-0.15, -0.1) is 0 Å². The Morgan fingerprint density at radius 2 is 1.30 bits per heavy atom. The predicted octanol–water partition coefficient (Wildman–Crippen LogP) is 3.58. The Morgan fingerprint density at radius 1 is 0.833 bits per heavy atom. The summed E-state index contributed by atoms with van der Waals surface area (Å²) in [5, 5.41) is -0.361. The van der Waals surface area contributed by atoms with Crippen LogP contribution in [0.2, 0.25) is 0 Å². The van der Waals surface area contributed by atoms with Crippen LogP contribution < -0.4 is 0 Å². The first-order valence-corrected chi connectivity index (χ1v) is 9.72. The van der Waals surface area contributed by atoms with Crippen molar-refractivity contribution in [1.82, 2.24) is 0 Å². The molecule has 178 valence electrons. The van der Waals surface area contributed by atoms with Crippen LogP contribution in [0.1, 0.15) is 75.2 Å². The number of Topliss-reactive ketones (excluding diaryl/α,β-unsaturated/α-hetero) is 1.